The van der Waals surface area contributed by atoms with Crippen molar-refractivity contribution in [3.8, 4) is 0 Å². The number of hydrogen-bond acceptors (Lipinski definition) is 4. The van der Waals surface area contributed by atoms with Crippen molar-refractivity contribution >= 4 is 21.6 Å². The first-order chi connectivity index (χ1) is 12.9. The van der Waals surface area contributed by atoms with Gasteiger partial charge in [0.2, 0.25) is 10.0 Å². The minimum Gasteiger partial charge on any atom is -0.378 e. The number of carbonyl (C=O) groups excluding carboxylic acids is 1. The number of morpholine rings is 1. The number of nitrogens with zero attached hydrogens (tertiary/aromatic N) is 1. The fraction of sp³-hybridized carbons (Fsp3) is 0.350. The molecule has 0 bridgehead atoms. The van der Waals surface area contributed by atoms with E-state index in [-0.39, 0.29) is 16.8 Å². The molecule has 0 spiro atoms. The molecule has 7 heteroatoms. The monoisotopic (exact) mass is 388 g/mol. The summed E-state index contributed by atoms with van der Waals surface area (Å²) >= 11 is 0. The van der Waals surface area contributed by atoms with Crippen molar-refractivity contribution in [3.63, 3.8) is 0 Å². The Bertz CT molecular complexity index is 910. The summed E-state index contributed by atoms with van der Waals surface area (Å²) in [6, 6.07) is 13.5. The average Bonchev–Trinajstić information content (AvgIpc) is 2.68. The molecule has 0 aromatic heterocycles. The second-order valence-corrected chi connectivity index (χ2v) is 8.42. The van der Waals surface area contributed by atoms with Crippen molar-refractivity contribution < 1.29 is 17.9 Å². The zero-order valence-corrected chi connectivity index (χ0v) is 16.3. The van der Waals surface area contributed by atoms with Gasteiger partial charge >= 0.3 is 0 Å². The maximum atomic E-state index is 12.8. The Morgan fingerprint density at radius 1 is 1.19 bits per heavy atom. The third kappa shape index (κ3) is 4.21. The molecule has 1 saturated heterocycles. The van der Waals surface area contributed by atoms with E-state index in [4.69, 9.17) is 4.74 Å². The third-order valence-electron chi connectivity index (χ3n) is 4.68. The van der Waals surface area contributed by atoms with Gasteiger partial charge in [0, 0.05) is 23.8 Å². The number of benzene rings is 2. The summed E-state index contributed by atoms with van der Waals surface area (Å²) in [5.74, 6) is -0.264. The van der Waals surface area contributed by atoms with Crippen LogP contribution in [-0.2, 0) is 21.2 Å². The molecule has 1 heterocycles. The quantitative estimate of drug-likeness (QED) is 0.855. The zero-order valence-electron chi connectivity index (χ0n) is 15.5. The lowest BCUT2D eigenvalue weighted by molar-refractivity contribution is 0.0393. The molecule has 0 saturated carbocycles. The van der Waals surface area contributed by atoms with E-state index in [0.717, 1.165) is 17.7 Å². The number of rotatable bonds is 5. The summed E-state index contributed by atoms with van der Waals surface area (Å²) in [6.07, 6.45) is 0.811. The van der Waals surface area contributed by atoms with Crippen molar-refractivity contribution in [1.82, 2.24) is 4.31 Å². The number of anilines is 1. The van der Waals surface area contributed by atoms with Crippen molar-refractivity contribution in [2.24, 2.45) is 0 Å². The van der Waals surface area contributed by atoms with Crippen LogP contribution in [0.4, 0.5) is 5.69 Å². The zero-order chi connectivity index (χ0) is 19.4. The molecule has 6 nitrogen and oxygen atoms in total. The van der Waals surface area contributed by atoms with Gasteiger partial charge in [-0.05, 0) is 49.2 Å². The predicted octanol–water partition coefficient (Wildman–Crippen LogP) is 2.91. The van der Waals surface area contributed by atoms with E-state index < -0.39 is 10.0 Å². The highest BCUT2D eigenvalue weighted by Gasteiger charge is 2.31. The van der Waals surface area contributed by atoms with E-state index >= 15 is 0 Å². The fourth-order valence-corrected chi connectivity index (χ4v) is 4.73. The lowest BCUT2D eigenvalue weighted by atomic mass is 10.1. The molecule has 1 atom stereocenters. The number of amides is 1. The minimum absolute atomic E-state index is 0.182. The van der Waals surface area contributed by atoms with E-state index in [1.165, 1.54) is 16.4 Å². The third-order valence-corrected chi connectivity index (χ3v) is 6.70. The summed E-state index contributed by atoms with van der Waals surface area (Å²) in [5.41, 5.74) is 2.23. The Morgan fingerprint density at radius 3 is 2.56 bits per heavy atom. The smallest absolute Gasteiger partial charge is 0.255 e. The molecule has 0 aliphatic carbocycles. The Hall–Kier alpha value is -2.22. The van der Waals surface area contributed by atoms with Crippen molar-refractivity contribution in [1.29, 1.82) is 0 Å². The summed E-state index contributed by atoms with van der Waals surface area (Å²) in [4.78, 5) is 12.7. The maximum Gasteiger partial charge on any atom is 0.255 e. The number of nitrogens with one attached hydrogen (secondary N) is 1. The number of aryl methyl sites for hydroxylation is 1. The number of para-hydroxylation sites is 1. The molecule has 1 aliphatic heterocycles. The van der Waals surface area contributed by atoms with Gasteiger partial charge < -0.3 is 10.1 Å². The maximum absolute atomic E-state index is 12.8. The number of carbonyl (C=O) groups is 1. The van der Waals surface area contributed by atoms with Gasteiger partial charge in [0.1, 0.15) is 0 Å². The molecule has 1 fully saturated rings. The number of hydrogen-bond donors (Lipinski definition) is 1. The second-order valence-electron chi connectivity index (χ2n) is 6.53. The molecular formula is C20H24N2O4S. The van der Waals surface area contributed by atoms with Gasteiger partial charge in [-0.25, -0.2) is 8.42 Å². The van der Waals surface area contributed by atoms with Crippen LogP contribution in [0.1, 0.15) is 29.8 Å². The van der Waals surface area contributed by atoms with Crippen LogP contribution in [0.5, 0.6) is 0 Å². The molecule has 2 aromatic rings. The standard InChI is InChI=1S/C20H24N2O4S/c1-3-16-6-4-5-7-19(16)21-20(23)17-8-10-18(11-9-17)27(24,25)22-12-13-26-14-15(22)2/h4-11,15H,3,12-14H2,1-2H3,(H,21,23). The normalized spacial score (nSPS) is 18.2. The first-order valence-electron chi connectivity index (χ1n) is 9.02. The van der Waals surface area contributed by atoms with Crippen LogP contribution >= 0.6 is 0 Å². The Balaban J connectivity index is 1.77. The van der Waals surface area contributed by atoms with Crippen LogP contribution in [0.25, 0.3) is 0 Å². The topological polar surface area (TPSA) is 75.7 Å². The van der Waals surface area contributed by atoms with Gasteiger partial charge in [0.05, 0.1) is 18.1 Å². The summed E-state index contributed by atoms with van der Waals surface area (Å²) in [6.45, 7) is 4.96. The van der Waals surface area contributed by atoms with Crippen LogP contribution < -0.4 is 5.32 Å². The molecule has 1 aliphatic rings. The van der Waals surface area contributed by atoms with E-state index in [2.05, 4.69) is 5.32 Å². The van der Waals surface area contributed by atoms with Gasteiger partial charge in [-0.15, -0.1) is 0 Å². The largest absolute Gasteiger partial charge is 0.378 e. The summed E-state index contributed by atoms with van der Waals surface area (Å²) < 4.78 is 32.4. The van der Waals surface area contributed by atoms with Crippen molar-refractivity contribution in [2.45, 2.75) is 31.2 Å². The van der Waals surface area contributed by atoms with Crippen molar-refractivity contribution in [3.05, 3.63) is 59.7 Å². The van der Waals surface area contributed by atoms with Crippen LogP contribution in [0.3, 0.4) is 0 Å². The van der Waals surface area contributed by atoms with Crippen LogP contribution in [0.15, 0.2) is 53.4 Å². The average molecular weight is 388 g/mol. The van der Waals surface area contributed by atoms with E-state index in [9.17, 15) is 13.2 Å². The van der Waals surface area contributed by atoms with Gasteiger partial charge in [-0.2, -0.15) is 4.31 Å². The molecule has 1 amide bonds. The van der Waals surface area contributed by atoms with E-state index in [1.54, 1.807) is 12.1 Å². The Morgan fingerprint density at radius 2 is 1.89 bits per heavy atom. The summed E-state index contributed by atoms with van der Waals surface area (Å²) in [5, 5.41) is 2.89. The van der Waals surface area contributed by atoms with Gasteiger partial charge in [-0.1, -0.05) is 25.1 Å². The SMILES string of the molecule is CCc1ccccc1NC(=O)c1ccc(S(=O)(=O)N2CCOCC2C)cc1. The molecule has 3 rings (SSSR count). The highest BCUT2D eigenvalue weighted by molar-refractivity contribution is 7.89. The first kappa shape index (κ1) is 19.5. The fourth-order valence-electron chi connectivity index (χ4n) is 3.13. The van der Waals surface area contributed by atoms with Crippen LogP contribution in [-0.4, -0.2) is 44.4 Å². The number of sulfonamides is 1. The van der Waals surface area contributed by atoms with E-state index in [1.807, 2.05) is 38.1 Å². The highest BCUT2D eigenvalue weighted by Crippen LogP contribution is 2.22. The Kier molecular flexibility index (Phi) is 5.94. The molecule has 1 unspecified atom stereocenters. The second kappa shape index (κ2) is 8.21. The molecule has 1 N–H and O–H groups in total. The van der Waals surface area contributed by atoms with Gasteiger partial charge in [0.15, 0.2) is 0 Å². The molecule has 0 radical (unpaired) electrons. The minimum atomic E-state index is -3.60. The molecule has 144 valence electrons. The molecule has 27 heavy (non-hydrogen) atoms. The molecular weight excluding hydrogens is 364 g/mol. The Labute approximate surface area is 160 Å². The number of ether oxygens (including phenoxy) is 1. The molecule has 2 aromatic carbocycles. The van der Waals surface area contributed by atoms with E-state index in [0.29, 0.717) is 25.3 Å². The predicted molar refractivity (Wildman–Crippen MR) is 104 cm³/mol. The van der Waals surface area contributed by atoms with Gasteiger partial charge in [0.25, 0.3) is 5.91 Å². The summed E-state index contributed by atoms with van der Waals surface area (Å²) in [7, 11) is -3.60. The lowest BCUT2D eigenvalue weighted by Crippen LogP contribution is -2.46. The lowest BCUT2D eigenvalue weighted by Gasteiger charge is -2.32. The van der Waals surface area contributed by atoms with Crippen molar-refractivity contribution in [2.75, 3.05) is 25.1 Å². The van der Waals surface area contributed by atoms with Crippen LogP contribution in [0, 0.1) is 0 Å². The highest BCUT2D eigenvalue weighted by atomic mass is 32.2. The van der Waals surface area contributed by atoms with Gasteiger partial charge in [-0.3, -0.25) is 4.79 Å². The first-order valence-corrected chi connectivity index (χ1v) is 10.5. The van der Waals surface area contributed by atoms with Crippen LogP contribution in [0.2, 0.25) is 0 Å².